The van der Waals surface area contributed by atoms with Gasteiger partial charge in [-0.1, -0.05) is 81.1 Å². The quantitative estimate of drug-likeness (QED) is 0.681. The van der Waals surface area contributed by atoms with Crippen molar-refractivity contribution in [2.24, 2.45) is 5.92 Å². The van der Waals surface area contributed by atoms with Crippen LogP contribution in [-0.2, 0) is 6.54 Å². The van der Waals surface area contributed by atoms with Crippen molar-refractivity contribution in [3.63, 3.8) is 0 Å². The molecule has 2 rings (SSSR count). The maximum atomic E-state index is 3.51. The van der Waals surface area contributed by atoms with Crippen LogP contribution in [0, 0.1) is 17.8 Å². The molecule has 0 heterocycles. The third-order valence-electron chi connectivity index (χ3n) is 3.93. The van der Waals surface area contributed by atoms with Gasteiger partial charge in [-0.3, -0.25) is 4.90 Å². The number of rotatable bonds is 6. The van der Waals surface area contributed by atoms with Gasteiger partial charge < -0.3 is 0 Å². The van der Waals surface area contributed by atoms with Crippen LogP contribution < -0.4 is 0 Å². The van der Waals surface area contributed by atoms with Crippen molar-refractivity contribution in [2.45, 2.75) is 39.8 Å². The zero-order valence-corrected chi connectivity index (χ0v) is 14.5. The molecule has 0 aliphatic carbocycles. The van der Waals surface area contributed by atoms with E-state index in [1.54, 1.807) is 0 Å². The van der Waals surface area contributed by atoms with E-state index in [0.717, 1.165) is 25.1 Å². The van der Waals surface area contributed by atoms with E-state index in [2.05, 4.69) is 80.0 Å². The molecule has 1 heteroatoms. The Hall–Kier alpha value is -2.04. The minimum atomic E-state index is 0.292. The van der Waals surface area contributed by atoms with Crippen LogP contribution >= 0.6 is 0 Å². The predicted octanol–water partition coefficient (Wildman–Crippen LogP) is 4.97. The number of hydrogen-bond donors (Lipinski definition) is 0. The maximum Gasteiger partial charge on any atom is 0.0723 e. The van der Waals surface area contributed by atoms with E-state index in [1.165, 1.54) is 5.56 Å². The van der Waals surface area contributed by atoms with Gasteiger partial charge in [0.25, 0.3) is 0 Å². The first-order valence-corrected chi connectivity index (χ1v) is 8.53. The summed E-state index contributed by atoms with van der Waals surface area (Å²) in [6.07, 6.45) is 1.10. The summed E-state index contributed by atoms with van der Waals surface area (Å²) < 4.78 is 0. The zero-order chi connectivity index (χ0) is 16.5. The molecule has 0 aliphatic rings. The molecule has 0 bridgehead atoms. The number of benzene rings is 2. The van der Waals surface area contributed by atoms with Gasteiger partial charge >= 0.3 is 0 Å². The molecule has 0 amide bonds. The van der Waals surface area contributed by atoms with Gasteiger partial charge in [-0.25, -0.2) is 0 Å². The SMILES string of the molecule is CCN(Cc1ccccc1)C(C#Cc1ccccc1)CC(C)C. The van der Waals surface area contributed by atoms with Crippen LogP contribution in [-0.4, -0.2) is 17.5 Å². The Kier molecular flexibility index (Phi) is 6.91. The molecular weight excluding hydrogens is 278 g/mol. The van der Waals surface area contributed by atoms with Gasteiger partial charge in [-0.15, -0.1) is 0 Å². The summed E-state index contributed by atoms with van der Waals surface area (Å²) in [5.74, 6) is 7.51. The standard InChI is InChI=1S/C22H27N/c1-4-23(18-21-13-9-6-10-14-21)22(17-19(2)3)16-15-20-11-7-5-8-12-20/h5-14,19,22H,4,17-18H2,1-3H3. The third kappa shape index (κ3) is 5.93. The van der Waals surface area contributed by atoms with E-state index < -0.39 is 0 Å². The number of nitrogens with zero attached hydrogens (tertiary/aromatic N) is 1. The van der Waals surface area contributed by atoms with Crippen molar-refractivity contribution < 1.29 is 0 Å². The second kappa shape index (κ2) is 9.18. The Balaban J connectivity index is 2.16. The van der Waals surface area contributed by atoms with Crippen molar-refractivity contribution in [2.75, 3.05) is 6.54 Å². The molecule has 0 saturated carbocycles. The topological polar surface area (TPSA) is 3.24 Å². The first-order valence-electron chi connectivity index (χ1n) is 8.53. The normalized spacial score (nSPS) is 12.0. The molecule has 0 saturated heterocycles. The fraction of sp³-hybridized carbons (Fsp3) is 0.364. The van der Waals surface area contributed by atoms with Gasteiger partial charge in [0.1, 0.15) is 0 Å². The molecule has 2 aromatic rings. The van der Waals surface area contributed by atoms with Gasteiger partial charge in [0.15, 0.2) is 0 Å². The van der Waals surface area contributed by atoms with Gasteiger partial charge in [0.05, 0.1) is 6.04 Å². The first-order chi connectivity index (χ1) is 11.2. The van der Waals surface area contributed by atoms with Crippen molar-refractivity contribution in [3.05, 3.63) is 71.8 Å². The summed E-state index contributed by atoms with van der Waals surface area (Å²) in [5, 5.41) is 0. The lowest BCUT2D eigenvalue weighted by atomic mass is 10.0. The minimum absolute atomic E-state index is 0.292. The van der Waals surface area contributed by atoms with Crippen molar-refractivity contribution >= 4 is 0 Å². The summed E-state index contributed by atoms with van der Waals surface area (Å²) in [6, 6.07) is 21.2. The molecule has 0 aromatic heterocycles. The average Bonchev–Trinajstić information content (AvgIpc) is 2.58. The van der Waals surface area contributed by atoms with Gasteiger partial charge in [-0.05, 0) is 36.6 Å². The van der Waals surface area contributed by atoms with Crippen LogP contribution in [0.25, 0.3) is 0 Å². The molecule has 0 fully saturated rings. The summed E-state index contributed by atoms with van der Waals surface area (Å²) in [6.45, 7) is 8.73. The molecule has 0 N–H and O–H groups in total. The van der Waals surface area contributed by atoms with E-state index in [1.807, 2.05) is 18.2 Å². The van der Waals surface area contributed by atoms with Crippen molar-refractivity contribution in [1.82, 2.24) is 4.90 Å². The highest BCUT2D eigenvalue weighted by atomic mass is 15.1. The fourth-order valence-corrected chi connectivity index (χ4v) is 2.69. The smallest absolute Gasteiger partial charge is 0.0723 e. The largest absolute Gasteiger partial charge is 0.286 e. The van der Waals surface area contributed by atoms with E-state index in [9.17, 15) is 0 Å². The molecule has 1 nitrogen and oxygen atoms in total. The van der Waals surface area contributed by atoms with E-state index in [-0.39, 0.29) is 0 Å². The van der Waals surface area contributed by atoms with Crippen molar-refractivity contribution in [1.29, 1.82) is 0 Å². The molecular formula is C22H27N. The van der Waals surface area contributed by atoms with Crippen LogP contribution in [0.4, 0.5) is 0 Å². The third-order valence-corrected chi connectivity index (χ3v) is 3.93. The lowest BCUT2D eigenvalue weighted by Gasteiger charge is -2.28. The van der Waals surface area contributed by atoms with Crippen LogP contribution in [0.1, 0.15) is 38.3 Å². The lowest BCUT2D eigenvalue weighted by Crippen LogP contribution is -2.34. The highest BCUT2D eigenvalue weighted by Crippen LogP contribution is 2.15. The molecule has 2 aromatic carbocycles. The van der Waals surface area contributed by atoms with Gasteiger partial charge in [-0.2, -0.15) is 0 Å². The Morgan fingerprint density at radius 2 is 1.52 bits per heavy atom. The molecule has 1 atom stereocenters. The van der Waals surface area contributed by atoms with E-state index in [0.29, 0.717) is 12.0 Å². The second-order valence-electron chi connectivity index (χ2n) is 6.33. The van der Waals surface area contributed by atoms with Crippen LogP contribution in [0.2, 0.25) is 0 Å². The second-order valence-corrected chi connectivity index (χ2v) is 6.33. The number of hydrogen-bond acceptors (Lipinski definition) is 1. The molecule has 1 unspecified atom stereocenters. The average molecular weight is 305 g/mol. The predicted molar refractivity (Wildman–Crippen MR) is 99.1 cm³/mol. The highest BCUT2D eigenvalue weighted by molar-refractivity contribution is 5.35. The molecule has 0 spiro atoms. The molecule has 120 valence electrons. The Bertz CT molecular complexity index is 619. The van der Waals surface area contributed by atoms with Crippen LogP contribution in [0.15, 0.2) is 60.7 Å². The Morgan fingerprint density at radius 3 is 2.09 bits per heavy atom. The first kappa shape index (κ1) is 17.3. The van der Waals surface area contributed by atoms with Gasteiger partial charge in [0.2, 0.25) is 0 Å². The Morgan fingerprint density at radius 1 is 0.913 bits per heavy atom. The summed E-state index contributed by atoms with van der Waals surface area (Å²) in [5.41, 5.74) is 2.45. The summed E-state index contributed by atoms with van der Waals surface area (Å²) in [4.78, 5) is 2.48. The van der Waals surface area contributed by atoms with Crippen molar-refractivity contribution in [3.8, 4) is 11.8 Å². The fourth-order valence-electron chi connectivity index (χ4n) is 2.69. The maximum absolute atomic E-state index is 3.51. The van der Waals surface area contributed by atoms with Crippen LogP contribution in [0.3, 0.4) is 0 Å². The Labute approximate surface area is 141 Å². The van der Waals surface area contributed by atoms with Gasteiger partial charge in [0, 0.05) is 12.1 Å². The summed E-state index contributed by atoms with van der Waals surface area (Å²) >= 11 is 0. The summed E-state index contributed by atoms with van der Waals surface area (Å²) in [7, 11) is 0. The zero-order valence-electron chi connectivity index (χ0n) is 14.5. The lowest BCUT2D eigenvalue weighted by molar-refractivity contribution is 0.215. The highest BCUT2D eigenvalue weighted by Gasteiger charge is 2.16. The van der Waals surface area contributed by atoms with E-state index in [4.69, 9.17) is 0 Å². The minimum Gasteiger partial charge on any atom is -0.286 e. The molecule has 0 radical (unpaired) electrons. The van der Waals surface area contributed by atoms with E-state index >= 15 is 0 Å². The monoisotopic (exact) mass is 305 g/mol. The molecule has 23 heavy (non-hydrogen) atoms. The van der Waals surface area contributed by atoms with Crippen LogP contribution in [0.5, 0.6) is 0 Å². The molecule has 0 aliphatic heterocycles.